The molecule has 0 spiro atoms. The van der Waals surface area contributed by atoms with Crippen LogP contribution in [0.4, 0.5) is 13.2 Å². The fourth-order valence-electron chi connectivity index (χ4n) is 3.65. The van der Waals surface area contributed by atoms with Gasteiger partial charge in [-0.2, -0.15) is 17.5 Å². The van der Waals surface area contributed by atoms with Crippen molar-refractivity contribution in [3.8, 4) is 0 Å². The van der Waals surface area contributed by atoms with E-state index < -0.39 is 22.2 Å². The Hall–Kier alpha value is -2.96. The van der Waals surface area contributed by atoms with Crippen LogP contribution in [0.3, 0.4) is 0 Å². The molecule has 2 N–H and O–H groups in total. The lowest BCUT2D eigenvalue weighted by Gasteiger charge is -2.29. The van der Waals surface area contributed by atoms with Crippen molar-refractivity contribution >= 4 is 21.9 Å². The molecule has 1 aliphatic heterocycles. The van der Waals surface area contributed by atoms with Crippen molar-refractivity contribution in [2.75, 3.05) is 39.3 Å². The molecule has 1 amide bonds. The lowest BCUT2D eigenvalue weighted by Crippen LogP contribution is -2.47. The topological polar surface area (TPSA) is 107 Å². The number of carboxylic acid groups (broad SMARTS) is 1. The molecule has 1 unspecified atom stereocenters. The van der Waals surface area contributed by atoms with Crippen LogP contribution < -0.4 is 5.32 Å². The molecule has 2 aromatic carbocycles. The molecule has 1 atom stereocenters. The average Bonchev–Trinajstić information content (AvgIpc) is 2.87. The maximum atomic E-state index is 13.4. The summed E-state index contributed by atoms with van der Waals surface area (Å²) in [4.78, 5) is 23.6. The molecule has 0 radical (unpaired) electrons. The average molecular weight is 544 g/mol. The summed E-state index contributed by atoms with van der Waals surface area (Å²) in [5.74, 6) is -2.74. The lowest BCUT2D eigenvalue weighted by atomic mass is 10.0. The van der Waals surface area contributed by atoms with Crippen LogP contribution in [0.25, 0.3) is 0 Å². The van der Waals surface area contributed by atoms with Crippen LogP contribution >= 0.6 is 0 Å². The first-order chi connectivity index (χ1) is 17.3. The van der Waals surface area contributed by atoms with Crippen LogP contribution in [-0.4, -0.2) is 80.1 Å². The van der Waals surface area contributed by atoms with E-state index in [9.17, 15) is 26.4 Å². The molecule has 204 valence electrons. The third-order valence-electron chi connectivity index (χ3n) is 5.79. The summed E-state index contributed by atoms with van der Waals surface area (Å²) >= 11 is 0. The van der Waals surface area contributed by atoms with Crippen molar-refractivity contribution in [2.24, 2.45) is 0 Å². The molecular weight excluding hydrogens is 511 g/mol. The molecule has 2 aromatic rings. The summed E-state index contributed by atoms with van der Waals surface area (Å²) < 4.78 is 60.0. The maximum absolute atomic E-state index is 13.4. The second kappa shape index (κ2) is 13.5. The van der Waals surface area contributed by atoms with E-state index in [1.807, 2.05) is 49.1 Å². The van der Waals surface area contributed by atoms with Gasteiger partial charge in [0.25, 0.3) is 0 Å². The molecule has 1 aliphatic rings. The van der Waals surface area contributed by atoms with Gasteiger partial charge in [0, 0.05) is 45.7 Å². The highest BCUT2D eigenvalue weighted by atomic mass is 32.2. The van der Waals surface area contributed by atoms with E-state index in [2.05, 4.69) is 5.32 Å². The van der Waals surface area contributed by atoms with E-state index in [1.165, 1.54) is 4.31 Å². The Labute approximate surface area is 215 Å². The smallest absolute Gasteiger partial charge is 0.475 e. The van der Waals surface area contributed by atoms with E-state index in [1.54, 1.807) is 24.3 Å². The van der Waals surface area contributed by atoms with Crippen molar-refractivity contribution in [1.82, 2.24) is 14.5 Å². The van der Waals surface area contributed by atoms with Gasteiger partial charge in [0.05, 0.1) is 4.90 Å². The van der Waals surface area contributed by atoms with E-state index >= 15 is 0 Å². The zero-order valence-electron chi connectivity index (χ0n) is 20.7. The summed E-state index contributed by atoms with van der Waals surface area (Å²) in [7, 11) is -3.70. The highest BCUT2D eigenvalue weighted by Gasteiger charge is 2.38. The monoisotopic (exact) mass is 543 g/mol. The van der Waals surface area contributed by atoms with Gasteiger partial charge in [0.15, 0.2) is 0 Å². The van der Waals surface area contributed by atoms with Crippen molar-refractivity contribution in [3.63, 3.8) is 0 Å². The minimum atomic E-state index is -5.08. The van der Waals surface area contributed by atoms with Gasteiger partial charge in [-0.1, -0.05) is 55.0 Å². The molecule has 37 heavy (non-hydrogen) atoms. The number of alkyl halides is 3. The fraction of sp³-hybridized carbons (Fsp3) is 0.440. The number of aliphatic carboxylic acids is 1. The first-order valence-corrected chi connectivity index (χ1v) is 13.2. The highest BCUT2D eigenvalue weighted by molar-refractivity contribution is 7.89. The minimum absolute atomic E-state index is 0.00738. The largest absolute Gasteiger partial charge is 0.490 e. The summed E-state index contributed by atoms with van der Waals surface area (Å²) in [6, 6.07) is 16.8. The van der Waals surface area contributed by atoms with Crippen LogP contribution in [0.15, 0.2) is 59.5 Å². The summed E-state index contributed by atoms with van der Waals surface area (Å²) in [6.45, 7) is 7.35. The van der Waals surface area contributed by atoms with Gasteiger partial charge in [-0.25, -0.2) is 13.2 Å². The number of carboxylic acids is 1. The van der Waals surface area contributed by atoms with Gasteiger partial charge in [0.2, 0.25) is 15.9 Å². The zero-order valence-corrected chi connectivity index (χ0v) is 21.6. The Morgan fingerprint density at radius 3 is 2.11 bits per heavy atom. The number of hydrogen-bond donors (Lipinski definition) is 2. The summed E-state index contributed by atoms with van der Waals surface area (Å²) in [5.41, 5.74) is 2.09. The number of carbonyl (C=O) groups is 2. The van der Waals surface area contributed by atoms with E-state index in [0.29, 0.717) is 19.6 Å². The molecule has 3 rings (SSSR count). The molecule has 1 saturated heterocycles. The van der Waals surface area contributed by atoms with Crippen LogP contribution in [0.5, 0.6) is 0 Å². The second-order valence-electron chi connectivity index (χ2n) is 8.67. The van der Waals surface area contributed by atoms with E-state index in [4.69, 9.17) is 9.90 Å². The third-order valence-corrected chi connectivity index (χ3v) is 7.67. The molecule has 0 saturated carbocycles. The Kier molecular flexibility index (Phi) is 11.1. The van der Waals surface area contributed by atoms with Gasteiger partial charge < -0.3 is 15.3 Å². The number of rotatable bonds is 8. The molecule has 0 aliphatic carbocycles. The number of aryl methyl sites for hydroxylation is 1. The number of carbonyl (C=O) groups excluding carboxylic acids is 1. The Balaban J connectivity index is 0.000000604. The lowest BCUT2D eigenvalue weighted by molar-refractivity contribution is -0.192. The van der Waals surface area contributed by atoms with Crippen molar-refractivity contribution < 1.29 is 36.3 Å². The maximum Gasteiger partial charge on any atom is 0.490 e. The van der Waals surface area contributed by atoms with E-state index in [0.717, 1.165) is 24.2 Å². The second-order valence-corrected chi connectivity index (χ2v) is 10.6. The number of benzene rings is 2. The van der Waals surface area contributed by atoms with Gasteiger partial charge >= 0.3 is 12.1 Å². The number of piperazine rings is 1. The number of nitrogens with one attached hydrogen (secondary N) is 1. The quantitative estimate of drug-likeness (QED) is 0.530. The van der Waals surface area contributed by atoms with Gasteiger partial charge in [-0.3, -0.25) is 4.79 Å². The summed E-state index contributed by atoms with van der Waals surface area (Å²) in [6.07, 6.45) is -4.90. The van der Waals surface area contributed by atoms with Crippen molar-refractivity contribution in [1.29, 1.82) is 0 Å². The van der Waals surface area contributed by atoms with Crippen LogP contribution in [0.1, 0.15) is 30.4 Å². The number of amides is 1. The minimum Gasteiger partial charge on any atom is -0.475 e. The number of hydrogen-bond acceptors (Lipinski definition) is 5. The Morgan fingerprint density at radius 2 is 1.59 bits per heavy atom. The molecule has 0 bridgehead atoms. The van der Waals surface area contributed by atoms with Gasteiger partial charge in [0.1, 0.15) is 0 Å². The zero-order chi connectivity index (χ0) is 27.6. The standard InChI is InChI=1S/C23H31N3O3S.C2HF3O2/c1-19-8-10-22(11-9-19)30(28,29)26(18-20(2)21-6-4-3-5-7-21)15-12-23(27)25-16-13-24-14-17-25;3-2(4,5)1(6)7/h3-11,20,24H,12-18H2,1-2H3;(H,6,7). The van der Waals surface area contributed by atoms with Crippen molar-refractivity contribution in [3.05, 3.63) is 65.7 Å². The molecule has 1 heterocycles. The number of sulfonamides is 1. The number of nitrogens with zero attached hydrogens (tertiary/aromatic N) is 2. The van der Waals surface area contributed by atoms with E-state index in [-0.39, 0.29) is 29.7 Å². The van der Waals surface area contributed by atoms with Gasteiger partial charge in [-0.05, 0) is 30.5 Å². The summed E-state index contributed by atoms with van der Waals surface area (Å²) in [5, 5.41) is 10.4. The molecule has 0 aromatic heterocycles. The molecular formula is C25H32F3N3O5S. The van der Waals surface area contributed by atoms with Gasteiger partial charge in [-0.15, -0.1) is 0 Å². The molecule has 1 fully saturated rings. The third kappa shape index (κ3) is 9.45. The Bertz CT molecular complexity index is 1120. The predicted molar refractivity (Wildman–Crippen MR) is 133 cm³/mol. The highest BCUT2D eigenvalue weighted by Crippen LogP contribution is 2.23. The van der Waals surface area contributed by atoms with Crippen LogP contribution in [-0.2, 0) is 19.6 Å². The Morgan fingerprint density at radius 1 is 1.05 bits per heavy atom. The number of halogens is 3. The van der Waals surface area contributed by atoms with Crippen LogP contribution in [0, 0.1) is 6.92 Å². The fourth-order valence-corrected chi connectivity index (χ4v) is 5.18. The van der Waals surface area contributed by atoms with Crippen LogP contribution in [0.2, 0.25) is 0 Å². The van der Waals surface area contributed by atoms with Crippen molar-refractivity contribution in [2.45, 2.75) is 37.3 Å². The molecule has 12 heteroatoms. The predicted octanol–water partition coefficient (Wildman–Crippen LogP) is 3.24. The normalized spacial score (nSPS) is 15.0. The SMILES string of the molecule is Cc1ccc(S(=O)(=O)N(CCC(=O)N2CCNCC2)CC(C)c2ccccc2)cc1.O=C(O)C(F)(F)F. The first kappa shape index (κ1) is 30.3. The molecule has 8 nitrogen and oxygen atoms in total. The first-order valence-electron chi connectivity index (χ1n) is 11.7.